The van der Waals surface area contributed by atoms with Crippen LogP contribution in [0.4, 0.5) is 0 Å². The van der Waals surface area contributed by atoms with Crippen LogP contribution in [0.3, 0.4) is 0 Å². The number of carbonyl (C=O) groups is 2. The lowest BCUT2D eigenvalue weighted by atomic mass is 10.3. The largest absolute Gasteiger partial charge is 0.374 e. The monoisotopic (exact) mass is 255 g/mol. The number of hydrogen-bond donors (Lipinski definition) is 1. The predicted octanol–water partition coefficient (Wildman–Crippen LogP) is -0.944. The Balaban J connectivity index is 1.69. The molecule has 1 atom stereocenters. The van der Waals surface area contributed by atoms with E-state index in [-0.39, 0.29) is 17.9 Å². The van der Waals surface area contributed by atoms with Gasteiger partial charge in [0, 0.05) is 45.6 Å². The van der Waals surface area contributed by atoms with Crippen molar-refractivity contribution in [3.8, 4) is 0 Å². The van der Waals surface area contributed by atoms with Crippen LogP contribution in [0.25, 0.3) is 0 Å². The van der Waals surface area contributed by atoms with Gasteiger partial charge in [0.15, 0.2) is 0 Å². The highest BCUT2D eigenvalue weighted by molar-refractivity contribution is 6.01. The Morgan fingerprint density at radius 3 is 2.72 bits per heavy atom. The number of rotatable bonds is 5. The lowest BCUT2D eigenvalue weighted by molar-refractivity contribution is -0.138. The van der Waals surface area contributed by atoms with Gasteiger partial charge in [-0.25, -0.2) is 0 Å². The average Bonchev–Trinajstić information content (AvgIpc) is 2.68. The Bertz CT molecular complexity index is 300. The van der Waals surface area contributed by atoms with Gasteiger partial charge in [0.1, 0.15) is 0 Å². The lowest BCUT2D eigenvalue weighted by Gasteiger charge is -2.28. The maximum absolute atomic E-state index is 11.4. The maximum Gasteiger partial charge on any atom is 0.229 e. The second-order valence-electron chi connectivity index (χ2n) is 4.90. The van der Waals surface area contributed by atoms with Crippen LogP contribution in [0.15, 0.2) is 0 Å². The number of likely N-dealkylation sites (N-methyl/N-ethyl adjacent to an activating group) is 1. The first-order valence-electron chi connectivity index (χ1n) is 6.51. The van der Waals surface area contributed by atoms with Gasteiger partial charge in [-0.1, -0.05) is 0 Å². The summed E-state index contributed by atoms with van der Waals surface area (Å²) >= 11 is 0. The van der Waals surface area contributed by atoms with Crippen LogP contribution in [0.5, 0.6) is 0 Å². The van der Waals surface area contributed by atoms with Gasteiger partial charge in [-0.2, -0.15) is 0 Å². The van der Waals surface area contributed by atoms with Crippen molar-refractivity contribution in [2.45, 2.75) is 18.9 Å². The molecule has 0 spiro atoms. The molecular formula is C12H21N3O3. The number of ether oxygens (including phenoxy) is 1. The zero-order chi connectivity index (χ0) is 13.0. The molecule has 0 radical (unpaired) electrons. The molecular weight excluding hydrogens is 234 g/mol. The molecule has 0 aliphatic carbocycles. The Kier molecular flexibility index (Phi) is 4.68. The minimum Gasteiger partial charge on any atom is -0.374 e. The Labute approximate surface area is 107 Å². The minimum absolute atomic E-state index is 0.0380. The highest BCUT2D eigenvalue weighted by Gasteiger charge is 2.28. The van der Waals surface area contributed by atoms with Crippen LogP contribution in [0.1, 0.15) is 12.8 Å². The van der Waals surface area contributed by atoms with Gasteiger partial charge in [-0.15, -0.1) is 0 Å². The molecule has 2 rings (SSSR count). The van der Waals surface area contributed by atoms with E-state index in [2.05, 4.69) is 10.2 Å². The molecule has 2 heterocycles. The molecule has 6 heteroatoms. The molecule has 1 unspecified atom stereocenters. The molecule has 0 saturated carbocycles. The first-order valence-corrected chi connectivity index (χ1v) is 6.51. The molecule has 0 aromatic rings. The molecule has 2 aliphatic rings. The zero-order valence-corrected chi connectivity index (χ0v) is 10.9. The first-order chi connectivity index (χ1) is 8.66. The quantitative estimate of drug-likeness (QED) is 0.642. The Morgan fingerprint density at radius 1 is 1.39 bits per heavy atom. The number of likely N-dealkylation sites (tertiary alicyclic amines) is 1. The topological polar surface area (TPSA) is 61.9 Å². The van der Waals surface area contributed by atoms with E-state index in [1.807, 2.05) is 7.05 Å². The van der Waals surface area contributed by atoms with Gasteiger partial charge in [0.2, 0.25) is 11.8 Å². The van der Waals surface area contributed by atoms with Gasteiger partial charge in [-0.3, -0.25) is 14.5 Å². The number of imide groups is 1. The van der Waals surface area contributed by atoms with Crippen molar-refractivity contribution in [1.29, 1.82) is 0 Å². The maximum atomic E-state index is 11.4. The fourth-order valence-corrected chi connectivity index (χ4v) is 2.32. The van der Waals surface area contributed by atoms with E-state index >= 15 is 0 Å². The zero-order valence-electron chi connectivity index (χ0n) is 10.9. The molecule has 102 valence electrons. The van der Waals surface area contributed by atoms with E-state index in [1.165, 1.54) is 4.90 Å². The summed E-state index contributed by atoms with van der Waals surface area (Å²) < 4.78 is 5.61. The van der Waals surface area contributed by atoms with Gasteiger partial charge in [0.05, 0.1) is 12.7 Å². The average molecular weight is 255 g/mol. The van der Waals surface area contributed by atoms with Crippen LogP contribution >= 0.6 is 0 Å². The van der Waals surface area contributed by atoms with Crippen molar-refractivity contribution in [2.24, 2.45) is 0 Å². The summed E-state index contributed by atoms with van der Waals surface area (Å²) in [5, 5.41) is 3.28. The smallest absolute Gasteiger partial charge is 0.229 e. The van der Waals surface area contributed by atoms with E-state index in [0.29, 0.717) is 25.9 Å². The second kappa shape index (κ2) is 6.26. The highest BCUT2D eigenvalue weighted by atomic mass is 16.5. The lowest BCUT2D eigenvalue weighted by Crippen LogP contribution is -2.46. The van der Waals surface area contributed by atoms with Crippen molar-refractivity contribution in [3.05, 3.63) is 0 Å². The molecule has 1 N–H and O–H groups in total. The number of amides is 2. The molecule has 0 aromatic carbocycles. The molecule has 2 saturated heterocycles. The third-order valence-corrected chi connectivity index (χ3v) is 3.38. The van der Waals surface area contributed by atoms with Crippen molar-refractivity contribution in [1.82, 2.24) is 15.1 Å². The molecule has 0 aromatic heterocycles. The molecule has 6 nitrogen and oxygen atoms in total. The van der Waals surface area contributed by atoms with Crippen LogP contribution in [0, 0.1) is 0 Å². The molecule has 2 amide bonds. The van der Waals surface area contributed by atoms with Crippen molar-refractivity contribution >= 4 is 11.8 Å². The SMILES string of the molecule is CN(CCN1C(=O)CCC1=O)CC1CNCCO1. The van der Waals surface area contributed by atoms with Crippen LogP contribution in [-0.2, 0) is 14.3 Å². The van der Waals surface area contributed by atoms with E-state index in [9.17, 15) is 9.59 Å². The van der Waals surface area contributed by atoms with Crippen molar-refractivity contribution in [2.75, 3.05) is 46.4 Å². The fraction of sp³-hybridized carbons (Fsp3) is 0.833. The van der Waals surface area contributed by atoms with E-state index in [1.54, 1.807) is 0 Å². The molecule has 2 fully saturated rings. The van der Waals surface area contributed by atoms with Gasteiger partial charge < -0.3 is 15.0 Å². The number of morpholine rings is 1. The fourth-order valence-electron chi connectivity index (χ4n) is 2.32. The Morgan fingerprint density at radius 2 is 2.11 bits per heavy atom. The third kappa shape index (κ3) is 3.51. The van der Waals surface area contributed by atoms with E-state index in [4.69, 9.17) is 4.74 Å². The van der Waals surface area contributed by atoms with Crippen LogP contribution in [-0.4, -0.2) is 74.1 Å². The number of carbonyl (C=O) groups excluding carboxylic acids is 2. The summed E-state index contributed by atoms with van der Waals surface area (Å²) in [6, 6.07) is 0. The van der Waals surface area contributed by atoms with Gasteiger partial charge in [-0.05, 0) is 7.05 Å². The normalized spacial score (nSPS) is 25.2. The third-order valence-electron chi connectivity index (χ3n) is 3.38. The summed E-state index contributed by atoms with van der Waals surface area (Å²) in [4.78, 5) is 26.4. The van der Waals surface area contributed by atoms with Crippen LogP contribution in [0.2, 0.25) is 0 Å². The summed E-state index contributed by atoms with van der Waals surface area (Å²) in [5.41, 5.74) is 0. The summed E-state index contributed by atoms with van der Waals surface area (Å²) in [5.74, 6) is -0.0760. The minimum atomic E-state index is -0.0380. The van der Waals surface area contributed by atoms with Gasteiger partial charge in [0.25, 0.3) is 0 Å². The first kappa shape index (κ1) is 13.5. The number of nitrogens with zero attached hydrogens (tertiary/aromatic N) is 2. The number of nitrogens with one attached hydrogen (secondary N) is 1. The van der Waals surface area contributed by atoms with E-state index in [0.717, 1.165) is 26.2 Å². The van der Waals surface area contributed by atoms with Gasteiger partial charge >= 0.3 is 0 Å². The van der Waals surface area contributed by atoms with E-state index < -0.39 is 0 Å². The number of hydrogen-bond acceptors (Lipinski definition) is 5. The highest BCUT2D eigenvalue weighted by Crippen LogP contribution is 2.11. The summed E-state index contributed by atoms with van der Waals surface area (Å²) in [7, 11) is 1.99. The van der Waals surface area contributed by atoms with Crippen LogP contribution < -0.4 is 5.32 Å². The second-order valence-corrected chi connectivity index (χ2v) is 4.90. The standard InChI is InChI=1S/C12H21N3O3/c1-14(9-10-8-13-4-7-18-10)5-6-15-11(16)2-3-12(15)17/h10,13H,2-9H2,1H3. The van der Waals surface area contributed by atoms with Crippen molar-refractivity contribution < 1.29 is 14.3 Å². The molecule has 18 heavy (non-hydrogen) atoms. The summed E-state index contributed by atoms with van der Waals surface area (Å²) in [6.45, 7) is 4.55. The molecule has 0 bridgehead atoms. The van der Waals surface area contributed by atoms with Crippen molar-refractivity contribution in [3.63, 3.8) is 0 Å². The Hall–Kier alpha value is -0.980. The summed E-state index contributed by atoms with van der Waals surface area (Å²) in [6.07, 6.45) is 0.949. The predicted molar refractivity (Wildman–Crippen MR) is 66.1 cm³/mol. The molecule has 2 aliphatic heterocycles.